The van der Waals surface area contributed by atoms with Crippen LogP contribution in [0.3, 0.4) is 0 Å². The van der Waals surface area contributed by atoms with Crippen LogP contribution >= 0.6 is 0 Å². The number of piperidine rings is 2. The van der Waals surface area contributed by atoms with Gasteiger partial charge in [-0.15, -0.1) is 0 Å². The van der Waals surface area contributed by atoms with Gasteiger partial charge in [-0.05, 0) is 31.4 Å². The van der Waals surface area contributed by atoms with Crippen molar-refractivity contribution >= 4 is 28.5 Å². The molecule has 2 aliphatic heterocycles. The zero-order chi connectivity index (χ0) is 21.6. The summed E-state index contributed by atoms with van der Waals surface area (Å²) in [7, 11) is 1.55. The molecule has 3 heterocycles. The van der Waals surface area contributed by atoms with E-state index in [2.05, 4.69) is 5.32 Å². The number of aliphatic hydroxyl groups is 1. The topological polar surface area (TPSA) is 96.6 Å². The second-order valence-corrected chi connectivity index (χ2v) is 8.00. The second kappa shape index (κ2) is 7.50. The molecule has 8 nitrogen and oxygen atoms in total. The number of aliphatic hydroxyl groups excluding tert-OH is 1. The Morgan fingerprint density at radius 3 is 2.67 bits per heavy atom. The van der Waals surface area contributed by atoms with E-state index in [1.807, 2.05) is 0 Å². The lowest BCUT2D eigenvalue weighted by Crippen LogP contribution is -2.49. The predicted molar refractivity (Wildman–Crippen MR) is 106 cm³/mol. The fraction of sp³-hybridized carbons (Fsp3) is 0.550. The number of anilines is 1. The largest absolute Gasteiger partial charge is 0.396 e. The fourth-order valence-electron chi connectivity index (χ4n) is 4.61. The van der Waals surface area contributed by atoms with Gasteiger partial charge in [0.05, 0.1) is 23.3 Å². The number of imide groups is 1. The number of hydrogen-bond donors (Lipinski definition) is 2. The third-order valence-electron chi connectivity index (χ3n) is 6.17. The number of carbonyl (C=O) groups is 2. The van der Waals surface area contributed by atoms with Crippen LogP contribution in [0.1, 0.15) is 31.7 Å². The van der Waals surface area contributed by atoms with Crippen molar-refractivity contribution in [3.8, 4) is 0 Å². The van der Waals surface area contributed by atoms with Crippen molar-refractivity contribution in [2.75, 3.05) is 24.6 Å². The van der Waals surface area contributed by atoms with Crippen LogP contribution in [0.15, 0.2) is 23.0 Å². The Morgan fingerprint density at radius 2 is 2.00 bits per heavy atom. The maximum Gasteiger partial charge on any atom is 0.329 e. The average molecular weight is 422 g/mol. The number of hydrogen-bond acceptors (Lipinski definition) is 5. The van der Waals surface area contributed by atoms with Crippen LogP contribution in [0.5, 0.6) is 0 Å². The Hall–Kier alpha value is -2.75. The van der Waals surface area contributed by atoms with E-state index in [0.29, 0.717) is 23.3 Å². The van der Waals surface area contributed by atoms with Gasteiger partial charge >= 0.3 is 5.69 Å². The van der Waals surface area contributed by atoms with Gasteiger partial charge in [-0.2, -0.15) is 0 Å². The molecule has 2 N–H and O–H groups in total. The van der Waals surface area contributed by atoms with E-state index in [0.717, 1.165) is 0 Å². The Labute approximate surface area is 171 Å². The van der Waals surface area contributed by atoms with Gasteiger partial charge in [-0.25, -0.2) is 13.6 Å². The Balaban J connectivity index is 1.76. The number of fused-ring (bicyclic) bond motifs is 1. The van der Waals surface area contributed by atoms with Crippen molar-refractivity contribution in [3.05, 3.63) is 28.7 Å². The molecule has 30 heavy (non-hydrogen) atoms. The summed E-state index contributed by atoms with van der Waals surface area (Å²) < 4.78 is 32.0. The highest BCUT2D eigenvalue weighted by Crippen LogP contribution is 2.39. The summed E-state index contributed by atoms with van der Waals surface area (Å²) in [6.07, 6.45) is 0.614. The van der Waals surface area contributed by atoms with Crippen molar-refractivity contribution in [1.29, 1.82) is 0 Å². The minimum Gasteiger partial charge on any atom is -0.396 e. The maximum atomic E-state index is 14.6. The quantitative estimate of drug-likeness (QED) is 0.721. The van der Waals surface area contributed by atoms with Crippen molar-refractivity contribution in [1.82, 2.24) is 14.5 Å². The first-order valence-corrected chi connectivity index (χ1v) is 10.0. The smallest absolute Gasteiger partial charge is 0.329 e. The lowest BCUT2D eigenvalue weighted by molar-refractivity contribution is -0.135. The van der Waals surface area contributed by atoms with E-state index >= 15 is 0 Å². The number of imidazole rings is 1. The van der Waals surface area contributed by atoms with Gasteiger partial charge in [0.1, 0.15) is 6.04 Å². The van der Waals surface area contributed by atoms with E-state index in [4.69, 9.17) is 5.11 Å². The fourth-order valence-corrected chi connectivity index (χ4v) is 4.61. The number of halogens is 2. The molecular formula is C20H24F2N4O4. The number of aromatic nitrogens is 2. The van der Waals surface area contributed by atoms with Crippen molar-refractivity contribution in [2.24, 2.45) is 13.0 Å². The molecule has 4 rings (SSSR count). The van der Waals surface area contributed by atoms with E-state index in [-0.39, 0.29) is 38.2 Å². The number of nitrogens with zero attached hydrogens (tertiary/aromatic N) is 3. The van der Waals surface area contributed by atoms with Crippen LogP contribution in [0.4, 0.5) is 14.5 Å². The first-order chi connectivity index (χ1) is 14.2. The summed E-state index contributed by atoms with van der Waals surface area (Å²) in [5.41, 5.74) is 1.01. The number of amides is 2. The van der Waals surface area contributed by atoms with Crippen LogP contribution in [0.25, 0.3) is 11.0 Å². The zero-order valence-electron chi connectivity index (χ0n) is 16.6. The molecule has 10 heteroatoms. The third-order valence-corrected chi connectivity index (χ3v) is 6.17. The molecule has 2 unspecified atom stereocenters. The summed E-state index contributed by atoms with van der Waals surface area (Å²) in [6.45, 7) is -0.412. The Morgan fingerprint density at radius 1 is 1.23 bits per heavy atom. The van der Waals surface area contributed by atoms with E-state index in [1.54, 1.807) is 30.1 Å². The Bertz CT molecular complexity index is 1060. The number of nitrogens with one attached hydrogen (secondary N) is 1. The standard InChI is InChI=1S/C20H24F2N4O4/c1-24-17-13(25-9-7-12(8-10-27)20(21,22)11-25)3-2-4-14(17)26(19(24)30)15-5-6-16(28)23-18(15)29/h2-4,12,15,27H,5-11H2,1H3,(H,23,28,29). The molecule has 0 bridgehead atoms. The van der Waals surface area contributed by atoms with Gasteiger partial charge in [0.25, 0.3) is 5.92 Å². The van der Waals surface area contributed by atoms with Gasteiger partial charge in [0, 0.05) is 32.5 Å². The molecular weight excluding hydrogens is 398 g/mol. The van der Waals surface area contributed by atoms with Crippen LogP contribution in [-0.2, 0) is 16.6 Å². The van der Waals surface area contributed by atoms with E-state index in [9.17, 15) is 23.2 Å². The molecule has 2 fully saturated rings. The summed E-state index contributed by atoms with van der Waals surface area (Å²) >= 11 is 0. The summed E-state index contributed by atoms with van der Waals surface area (Å²) in [5, 5.41) is 11.3. The molecule has 1 aromatic heterocycles. The number of benzene rings is 1. The van der Waals surface area contributed by atoms with Gasteiger partial charge < -0.3 is 10.0 Å². The lowest BCUT2D eigenvalue weighted by Gasteiger charge is -2.39. The number of aryl methyl sites for hydroxylation is 1. The molecule has 0 saturated carbocycles. The van der Waals surface area contributed by atoms with E-state index in [1.165, 1.54) is 9.13 Å². The summed E-state index contributed by atoms with van der Waals surface area (Å²) in [5.74, 6) is -4.76. The monoisotopic (exact) mass is 422 g/mol. The number of rotatable bonds is 4. The van der Waals surface area contributed by atoms with Gasteiger partial charge in [-0.1, -0.05) is 6.07 Å². The number of carbonyl (C=O) groups excluding carboxylic acids is 2. The highest BCUT2D eigenvalue weighted by atomic mass is 19.3. The first-order valence-electron chi connectivity index (χ1n) is 10.0. The molecule has 0 radical (unpaired) electrons. The number of para-hydroxylation sites is 1. The normalized spacial score (nSPS) is 24.3. The minimum absolute atomic E-state index is 0.0510. The molecule has 2 amide bonds. The lowest BCUT2D eigenvalue weighted by atomic mass is 9.90. The molecule has 162 valence electrons. The zero-order valence-corrected chi connectivity index (χ0v) is 16.6. The summed E-state index contributed by atoms with van der Waals surface area (Å²) in [4.78, 5) is 38.4. The van der Waals surface area contributed by atoms with Gasteiger partial charge in [0.15, 0.2) is 0 Å². The van der Waals surface area contributed by atoms with Crippen LogP contribution in [0, 0.1) is 5.92 Å². The SMILES string of the molecule is Cn1c(=O)n(C2CCC(=O)NC2=O)c2cccc(N3CCC(CCO)C(F)(F)C3)c21. The molecule has 1 aromatic carbocycles. The molecule has 2 aromatic rings. The van der Waals surface area contributed by atoms with Crippen molar-refractivity contribution in [2.45, 2.75) is 37.6 Å². The van der Waals surface area contributed by atoms with Gasteiger partial charge in [0.2, 0.25) is 11.8 Å². The molecule has 0 spiro atoms. The summed E-state index contributed by atoms with van der Waals surface area (Å²) in [6, 6.07) is 4.22. The average Bonchev–Trinajstić information content (AvgIpc) is 2.94. The highest BCUT2D eigenvalue weighted by Gasteiger charge is 2.44. The van der Waals surface area contributed by atoms with E-state index < -0.39 is 36.0 Å². The van der Waals surface area contributed by atoms with Crippen molar-refractivity contribution in [3.63, 3.8) is 0 Å². The second-order valence-electron chi connectivity index (χ2n) is 8.00. The number of alkyl halides is 2. The first kappa shape index (κ1) is 20.5. The van der Waals surface area contributed by atoms with Crippen LogP contribution in [0.2, 0.25) is 0 Å². The third kappa shape index (κ3) is 3.28. The van der Waals surface area contributed by atoms with Crippen LogP contribution in [-0.4, -0.2) is 51.7 Å². The minimum atomic E-state index is -2.96. The molecule has 0 aliphatic carbocycles. The highest BCUT2D eigenvalue weighted by molar-refractivity contribution is 6.00. The van der Waals surface area contributed by atoms with Crippen LogP contribution < -0.4 is 15.9 Å². The molecule has 2 aliphatic rings. The molecule has 2 atom stereocenters. The van der Waals surface area contributed by atoms with Crippen molar-refractivity contribution < 1.29 is 23.5 Å². The predicted octanol–water partition coefficient (Wildman–Crippen LogP) is 1.16. The Kier molecular flexibility index (Phi) is 5.13. The molecule has 2 saturated heterocycles. The van der Waals surface area contributed by atoms with Gasteiger partial charge in [-0.3, -0.25) is 24.0 Å². The maximum absolute atomic E-state index is 14.6.